The van der Waals surface area contributed by atoms with Gasteiger partial charge in [-0.2, -0.15) is 0 Å². The van der Waals surface area contributed by atoms with Crippen LogP contribution in [-0.4, -0.2) is 12.6 Å². The maximum atomic E-state index is 11.1. The second kappa shape index (κ2) is 3.67. The zero-order valence-electron chi connectivity index (χ0n) is 6.62. The molecular weight excluding hydrogens is 154 g/mol. The molecule has 0 atom stereocenters. The van der Waals surface area contributed by atoms with Gasteiger partial charge in [0.2, 0.25) is 6.61 Å². The van der Waals surface area contributed by atoms with Crippen molar-refractivity contribution < 1.29 is 9.53 Å². The van der Waals surface area contributed by atoms with Crippen molar-refractivity contribution in [2.24, 2.45) is 0 Å². The standard InChI is InChI=1S/C9H9NO2/c1-2-12-9(11)7-3-5-8(10)6-4-7/h3-6H,1-2H2,(H-,10,11)/p+1. The van der Waals surface area contributed by atoms with E-state index in [0.717, 1.165) is 0 Å². The largest absolute Gasteiger partial charge is 0.420 e. The topological polar surface area (TPSA) is 52.3 Å². The number of hydrogen-bond acceptors (Lipinski definition) is 3. The highest BCUT2D eigenvalue weighted by atomic mass is 16.5. The summed E-state index contributed by atoms with van der Waals surface area (Å²) >= 11 is 0. The second-order valence-electron chi connectivity index (χ2n) is 2.26. The quantitative estimate of drug-likeness (QED) is 0.406. The van der Waals surface area contributed by atoms with Crippen LogP contribution < -0.4 is 5.73 Å². The molecule has 0 saturated carbocycles. The molecule has 0 amide bonds. The summed E-state index contributed by atoms with van der Waals surface area (Å²) in [5, 5.41) is 0. The van der Waals surface area contributed by atoms with Crippen LogP contribution in [0, 0.1) is 6.92 Å². The van der Waals surface area contributed by atoms with Crippen molar-refractivity contribution >= 4 is 11.7 Å². The number of esters is 1. The molecule has 1 aromatic carbocycles. The van der Waals surface area contributed by atoms with Crippen molar-refractivity contribution in [3.63, 3.8) is 0 Å². The van der Waals surface area contributed by atoms with E-state index < -0.39 is 0 Å². The predicted molar refractivity (Wildman–Crippen MR) is 46.5 cm³/mol. The van der Waals surface area contributed by atoms with E-state index in [1.807, 2.05) is 0 Å². The van der Waals surface area contributed by atoms with Gasteiger partial charge in [-0.1, -0.05) is 0 Å². The molecule has 0 bridgehead atoms. The Hall–Kier alpha value is -1.64. The minimum Gasteiger partial charge on any atom is -0.420 e. The van der Waals surface area contributed by atoms with E-state index in [1.165, 1.54) is 0 Å². The first-order valence-electron chi connectivity index (χ1n) is 3.56. The van der Waals surface area contributed by atoms with Crippen molar-refractivity contribution in [2.45, 2.75) is 0 Å². The summed E-state index contributed by atoms with van der Waals surface area (Å²) in [4.78, 5) is 11.1. The van der Waals surface area contributed by atoms with Gasteiger partial charge in [0.1, 0.15) is 6.92 Å². The zero-order valence-corrected chi connectivity index (χ0v) is 6.62. The first-order chi connectivity index (χ1) is 5.74. The van der Waals surface area contributed by atoms with Crippen molar-refractivity contribution in [3.05, 3.63) is 36.8 Å². The molecule has 3 heteroatoms. The van der Waals surface area contributed by atoms with Crippen LogP contribution >= 0.6 is 0 Å². The van der Waals surface area contributed by atoms with Crippen molar-refractivity contribution in [2.75, 3.05) is 12.3 Å². The van der Waals surface area contributed by atoms with E-state index in [4.69, 9.17) is 5.73 Å². The van der Waals surface area contributed by atoms with E-state index >= 15 is 0 Å². The highest BCUT2D eigenvalue weighted by Crippen LogP contribution is 2.06. The molecule has 62 valence electrons. The zero-order chi connectivity index (χ0) is 8.97. The highest BCUT2D eigenvalue weighted by Gasteiger charge is 2.05. The Morgan fingerprint density at radius 1 is 1.42 bits per heavy atom. The molecule has 0 fully saturated rings. The Morgan fingerprint density at radius 2 is 2.00 bits per heavy atom. The van der Waals surface area contributed by atoms with Crippen LogP contribution in [0.2, 0.25) is 0 Å². The maximum Gasteiger partial charge on any atom is 0.341 e. The van der Waals surface area contributed by atoms with E-state index in [0.29, 0.717) is 11.3 Å². The summed E-state index contributed by atoms with van der Waals surface area (Å²) in [6, 6.07) is 6.54. The number of anilines is 1. The van der Waals surface area contributed by atoms with E-state index in [1.54, 1.807) is 24.3 Å². The molecular formula is C9H10NO2+. The molecule has 0 saturated heterocycles. The smallest absolute Gasteiger partial charge is 0.341 e. The third-order valence-corrected chi connectivity index (χ3v) is 1.38. The summed E-state index contributed by atoms with van der Waals surface area (Å²) in [6.45, 7) is 3.54. The molecule has 0 heterocycles. The Kier molecular flexibility index (Phi) is 2.58. The van der Waals surface area contributed by atoms with Gasteiger partial charge in [0, 0.05) is 5.69 Å². The van der Waals surface area contributed by atoms with E-state index in [9.17, 15) is 4.79 Å². The lowest BCUT2D eigenvalue weighted by atomic mass is 10.2. The predicted octanol–water partition coefficient (Wildman–Crippen LogP) is 1.26. The molecule has 1 aromatic rings. The average molecular weight is 164 g/mol. The molecule has 0 radical (unpaired) electrons. The number of rotatable bonds is 2. The summed E-state index contributed by atoms with van der Waals surface area (Å²) in [5.74, 6) is -0.370. The Balaban J connectivity index is 2.75. The summed E-state index contributed by atoms with van der Waals surface area (Å²) in [6.07, 6.45) is 0. The summed E-state index contributed by atoms with van der Waals surface area (Å²) in [7, 11) is 0. The van der Waals surface area contributed by atoms with Crippen LogP contribution in [-0.2, 0) is 4.74 Å². The van der Waals surface area contributed by atoms with Gasteiger partial charge >= 0.3 is 5.97 Å². The van der Waals surface area contributed by atoms with Crippen LogP contribution in [0.25, 0.3) is 0 Å². The summed E-state index contributed by atoms with van der Waals surface area (Å²) in [5.41, 5.74) is 6.56. The van der Waals surface area contributed by atoms with Crippen molar-refractivity contribution in [1.82, 2.24) is 0 Å². The van der Waals surface area contributed by atoms with Gasteiger partial charge in [0.05, 0.1) is 5.56 Å². The van der Waals surface area contributed by atoms with Gasteiger partial charge in [0.15, 0.2) is 0 Å². The molecule has 12 heavy (non-hydrogen) atoms. The van der Waals surface area contributed by atoms with Crippen LogP contribution in [0.5, 0.6) is 0 Å². The Labute approximate surface area is 71.1 Å². The summed E-state index contributed by atoms with van der Waals surface area (Å²) < 4.78 is 4.68. The second-order valence-corrected chi connectivity index (χ2v) is 2.26. The fourth-order valence-electron chi connectivity index (χ4n) is 0.795. The lowest BCUT2D eigenvalue weighted by Gasteiger charge is -1.98. The van der Waals surface area contributed by atoms with Gasteiger partial charge in [-0.15, -0.1) is 0 Å². The minimum atomic E-state index is -0.370. The van der Waals surface area contributed by atoms with Crippen LogP contribution in [0.4, 0.5) is 5.69 Å². The number of benzene rings is 1. The average Bonchev–Trinajstić information content (AvgIpc) is 2.06. The molecule has 0 spiro atoms. The number of carbonyl (C=O) groups excluding carboxylic acids is 1. The van der Waals surface area contributed by atoms with Crippen LogP contribution in [0.15, 0.2) is 24.3 Å². The number of ether oxygens (including phenoxy) is 1. The normalized spacial score (nSPS) is 9.33. The van der Waals surface area contributed by atoms with Crippen molar-refractivity contribution in [1.29, 1.82) is 0 Å². The van der Waals surface area contributed by atoms with Gasteiger partial charge in [-0.3, -0.25) is 0 Å². The molecule has 3 nitrogen and oxygen atoms in total. The Morgan fingerprint density at radius 3 is 2.50 bits per heavy atom. The van der Waals surface area contributed by atoms with E-state index in [-0.39, 0.29) is 12.6 Å². The SMILES string of the molecule is [CH2+]COC(=O)c1ccc(N)cc1. The van der Waals surface area contributed by atoms with Crippen LogP contribution in [0.3, 0.4) is 0 Å². The molecule has 0 aliphatic heterocycles. The fraction of sp³-hybridized carbons (Fsp3) is 0.111. The molecule has 2 N–H and O–H groups in total. The lowest BCUT2D eigenvalue weighted by molar-refractivity contribution is 0.0547. The number of hydrogen-bond donors (Lipinski definition) is 1. The maximum absolute atomic E-state index is 11.1. The van der Waals surface area contributed by atoms with Gasteiger partial charge in [-0.05, 0) is 24.3 Å². The first-order valence-corrected chi connectivity index (χ1v) is 3.56. The molecule has 0 aliphatic carbocycles. The number of nitrogens with two attached hydrogens (primary N) is 1. The molecule has 0 aromatic heterocycles. The molecule has 0 aliphatic rings. The first kappa shape index (κ1) is 8.46. The number of nitrogen functional groups attached to an aromatic ring is 1. The Bertz CT molecular complexity index is 266. The third-order valence-electron chi connectivity index (χ3n) is 1.38. The molecule has 0 unspecified atom stereocenters. The fourth-order valence-corrected chi connectivity index (χ4v) is 0.795. The minimum absolute atomic E-state index is 0.142. The van der Waals surface area contributed by atoms with Gasteiger partial charge < -0.3 is 10.5 Å². The lowest BCUT2D eigenvalue weighted by Crippen LogP contribution is -2.04. The molecule has 1 rings (SSSR count). The van der Waals surface area contributed by atoms with Gasteiger partial charge in [0.25, 0.3) is 0 Å². The third kappa shape index (κ3) is 1.92. The monoisotopic (exact) mass is 164 g/mol. The van der Waals surface area contributed by atoms with Crippen molar-refractivity contribution in [3.8, 4) is 0 Å². The van der Waals surface area contributed by atoms with Crippen LogP contribution in [0.1, 0.15) is 10.4 Å². The van der Waals surface area contributed by atoms with Gasteiger partial charge in [-0.25, -0.2) is 4.79 Å². The highest BCUT2D eigenvalue weighted by molar-refractivity contribution is 5.89. The van der Waals surface area contributed by atoms with E-state index in [2.05, 4.69) is 11.7 Å². The number of carbonyl (C=O) groups is 1.